The van der Waals surface area contributed by atoms with Crippen LogP contribution in [0.5, 0.6) is 5.75 Å². The summed E-state index contributed by atoms with van der Waals surface area (Å²) in [5, 5.41) is 6.81. The molecular weight excluding hydrogens is 336 g/mol. The summed E-state index contributed by atoms with van der Waals surface area (Å²) in [7, 11) is 0. The van der Waals surface area contributed by atoms with E-state index >= 15 is 0 Å². The molecule has 0 amide bonds. The lowest BCUT2D eigenvalue weighted by Crippen LogP contribution is -2.38. The highest BCUT2D eigenvalue weighted by atomic mass is 16.5. The minimum Gasteiger partial charge on any atom is -0.491 e. The van der Waals surface area contributed by atoms with Gasteiger partial charge in [0.1, 0.15) is 5.75 Å². The van der Waals surface area contributed by atoms with Gasteiger partial charge in [0, 0.05) is 18.7 Å². The number of nitrogens with one attached hydrogen (secondary N) is 2. The van der Waals surface area contributed by atoms with Crippen molar-refractivity contribution in [1.82, 2.24) is 15.5 Å². The van der Waals surface area contributed by atoms with Crippen LogP contribution < -0.4 is 15.4 Å². The van der Waals surface area contributed by atoms with E-state index in [-0.39, 0.29) is 6.10 Å². The number of aliphatic imine (C=N–C) groups is 1. The summed E-state index contributed by atoms with van der Waals surface area (Å²) in [5.41, 5.74) is 2.34. The van der Waals surface area contributed by atoms with Crippen molar-refractivity contribution in [2.24, 2.45) is 4.99 Å². The molecule has 0 bridgehead atoms. The molecule has 0 atom stereocenters. The Kier molecular flexibility index (Phi) is 9.46. The number of unbranched alkanes of at least 4 members (excludes halogenated alkanes) is 1. The zero-order valence-electron chi connectivity index (χ0n) is 17.7. The Morgan fingerprint density at radius 3 is 2.67 bits per heavy atom. The molecule has 0 radical (unpaired) electrons. The summed E-state index contributed by atoms with van der Waals surface area (Å²) >= 11 is 0. The second-order valence-electron chi connectivity index (χ2n) is 7.66. The minimum atomic E-state index is 0.163. The van der Waals surface area contributed by atoms with Crippen molar-refractivity contribution in [2.45, 2.75) is 66.0 Å². The Hall–Kier alpha value is -1.75. The van der Waals surface area contributed by atoms with Crippen LogP contribution in [0.25, 0.3) is 0 Å². The van der Waals surface area contributed by atoms with Crippen LogP contribution in [0.3, 0.4) is 0 Å². The summed E-state index contributed by atoms with van der Waals surface area (Å²) in [6.45, 7) is 14.6. The van der Waals surface area contributed by atoms with Crippen molar-refractivity contribution in [3.8, 4) is 5.75 Å². The second-order valence-corrected chi connectivity index (χ2v) is 7.66. The van der Waals surface area contributed by atoms with Gasteiger partial charge in [0.15, 0.2) is 5.96 Å². The molecule has 1 aromatic carbocycles. The monoisotopic (exact) mass is 374 g/mol. The van der Waals surface area contributed by atoms with Crippen LogP contribution in [0, 0.1) is 6.92 Å². The van der Waals surface area contributed by atoms with Crippen molar-refractivity contribution < 1.29 is 4.74 Å². The third-order valence-corrected chi connectivity index (χ3v) is 4.73. The smallest absolute Gasteiger partial charge is 0.191 e. The fourth-order valence-corrected chi connectivity index (χ4v) is 3.34. The van der Waals surface area contributed by atoms with Crippen LogP contribution in [-0.4, -0.2) is 49.7 Å². The van der Waals surface area contributed by atoms with E-state index in [2.05, 4.69) is 61.4 Å². The summed E-state index contributed by atoms with van der Waals surface area (Å²) < 4.78 is 5.97. The summed E-state index contributed by atoms with van der Waals surface area (Å²) in [6, 6.07) is 6.34. The van der Waals surface area contributed by atoms with Gasteiger partial charge in [-0.3, -0.25) is 0 Å². The van der Waals surface area contributed by atoms with Crippen molar-refractivity contribution in [1.29, 1.82) is 0 Å². The average molecular weight is 375 g/mol. The van der Waals surface area contributed by atoms with E-state index in [0.29, 0.717) is 6.54 Å². The van der Waals surface area contributed by atoms with Gasteiger partial charge in [0.2, 0.25) is 0 Å². The van der Waals surface area contributed by atoms with Crippen LogP contribution in [0.4, 0.5) is 0 Å². The van der Waals surface area contributed by atoms with Gasteiger partial charge in [-0.2, -0.15) is 0 Å². The lowest BCUT2D eigenvalue weighted by molar-refractivity contribution is 0.240. The van der Waals surface area contributed by atoms with E-state index in [1.54, 1.807) is 0 Å². The number of hydrogen-bond donors (Lipinski definition) is 2. The van der Waals surface area contributed by atoms with E-state index in [1.165, 1.54) is 50.9 Å². The lowest BCUT2D eigenvalue weighted by atomic mass is 10.1. The summed E-state index contributed by atoms with van der Waals surface area (Å²) in [6.07, 6.45) is 5.33. The molecule has 0 aromatic heterocycles. The first-order chi connectivity index (χ1) is 13.1. The molecule has 0 unspecified atom stereocenters. The first kappa shape index (κ1) is 21.5. The number of benzene rings is 1. The Morgan fingerprint density at radius 1 is 1.19 bits per heavy atom. The Balaban J connectivity index is 1.83. The van der Waals surface area contributed by atoms with Crippen molar-refractivity contribution >= 4 is 5.96 Å². The zero-order valence-corrected chi connectivity index (χ0v) is 17.7. The highest BCUT2D eigenvalue weighted by molar-refractivity contribution is 5.79. The zero-order chi connectivity index (χ0) is 19.5. The topological polar surface area (TPSA) is 48.9 Å². The predicted octanol–water partition coefficient (Wildman–Crippen LogP) is 3.71. The third kappa shape index (κ3) is 8.21. The van der Waals surface area contributed by atoms with E-state index in [9.17, 15) is 0 Å². The molecule has 0 aliphatic carbocycles. The van der Waals surface area contributed by atoms with Crippen molar-refractivity contribution in [2.75, 3.05) is 32.7 Å². The SMILES string of the molecule is CCNC(=NCc1ccc(C)cc1OC(C)C)NCCCCN1CCCC1. The van der Waals surface area contributed by atoms with E-state index in [1.807, 2.05) is 0 Å². The summed E-state index contributed by atoms with van der Waals surface area (Å²) in [4.78, 5) is 7.34. The predicted molar refractivity (Wildman–Crippen MR) is 115 cm³/mol. The van der Waals surface area contributed by atoms with E-state index in [4.69, 9.17) is 9.73 Å². The second kappa shape index (κ2) is 11.9. The molecule has 2 rings (SSSR count). The Bertz CT molecular complexity index is 580. The fourth-order valence-electron chi connectivity index (χ4n) is 3.34. The molecule has 1 aliphatic heterocycles. The van der Waals surface area contributed by atoms with Crippen LogP contribution in [-0.2, 0) is 6.54 Å². The maximum Gasteiger partial charge on any atom is 0.191 e. The normalized spacial score (nSPS) is 15.4. The maximum absolute atomic E-state index is 5.97. The molecule has 0 saturated carbocycles. The number of ether oxygens (including phenoxy) is 1. The first-order valence-corrected chi connectivity index (χ1v) is 10.6. The molecule has 1 fully saturated rings. The van der Waals surface area contributed by atoms with Gasteiger partial charge in [-0.05, 0) is 84.6 Å². The molecule has 1 aromatic rings. The van der Waals surface area contributed by atoms with Crippen LogP contribution in [0.15, 0.2) is 23.2 Å². The van der Waals surface area contributed by atoms with Gasteiger partial charge in [0.05, 0.1) is 12.6 Å². The third-order valence-electron chi connectivity index (χ3n) is 4.73. The Labute approximate surface area is 165 Å². The maximum atomic E-state index is 5.97. The minimum absolute atomic E-state index is 0.163. The molecule has 5 heteroatoms. The fraction of sp³-hybridized carbons (Fsp3) is 0.682. The lowest BCUT2D eigenvalue weighted by Gasteiger charge is -2.16. The molecular formula is C22H38N4O. The molecule has 1 heterocycles. The van der Waals surface area contributed by atoms with Crippen LogP contribution >= 0.6 is 0 Å². The molecule has 152 valence electrons. The molecule has 2 N–H and O–H groups in total. The highest BCUT2D eigenvalue weighted by Crippen LogP contribution is 2.22. The molecule has 27 heavy (non-hydrogen) atoms. The standard InChI is InChI=1S/C22H38N4O/c1-5-23-22(24-12-6-7-13-26-14-8-9-15-26)25-17-20-11-10-19(4)16-21(20)27-18(2)3/h10-11,16,18H,5-9,12-15,17H2,1-4H3,(H2,23,24,25). The molecule has 1 aliphatic rings. The number of nitrogens with zero attached hydrogens (tertiary/aromatic N) is 2. The van der Waals surface area contributed by atoms with E-state index in [0.717, 1.165) is 30.4 Å². The molecule has 0 spiro atoms. The highest BCUT2D eigenvalue weighted by Gasteiger charge is 2.10. The Morgan fingerprint density at radius 2 is 1.96 bits per heavy atom. The van der Waals surface area contributed by atoms with Gasteiger partial charge < -0.3 is 20.3 Å². The number of guanidine groups is 1. The van der Waals surface area contributed by atoms with Gasteiger partial charge in [0.25, 0.3) is 0 Å². The van der Waals surface area contributed by atoms with Crippen molar-refractivity contribution in [3.63, 3.8) is 0 Å². The van der Waals surface area contributed by atoms with Gasteiger partial charge in [-0.1, -0.05) is 12.1 Å². The quantitative estimate of drug-likeness (QED) is 0.372. The number of hydrogen-bond acceptors (Lipinski definition) is 3. The van der Waals surface area contributed by atoms with Crippen LogP contribution in [0.2, 0.25) is 0 Å². The largest absolute Gasteiger partial charge is 0.491 e. The first-order valence-electron chi connectivity index (χ1n) is 10.6. The van der Waals surface area contributed by atoms with Crippen molar-refractivity contribution in [3.05, 3.63) is 29.3 Å². The number of rotatable bonds is 10. The average Bonchev–Trinajstić information content (AvgIpc) is 3.13. The van der Waals surface area contributed by atoms with Crippen LogP contribution in [0.1, 0.15) is 57.6 Å². The van der Waals surface area contributed by atoms with Gasteiger partial charge in [-0.25, -0.2) is 4.99 Å². The van der Waals surface area contributed by atoms with E-state index < -0.39 is 0 Å². The molecule has 5 nitrogen and oxygen atoms in total. The molecule has 1 saturated heterocycles. The summed E-state index contributed by atoms with van der Waals surface area (Å²) in [5.74, 6) is 1.82. The van der Waals surface area contributed by atoms with Gasteiger partial charge in [-0.15, -0.1) is 0 Å². The number of aryl methyl sites for hydroxylation is 1. The number of likely N-dealkylation sites (tertiary alicyclic amines) is 1. The van der Waals surface area contributed by atoms with Gasteiger partial charge >= 0.3 is 0 Å².